The standard InChI is InChI=1S/C23H21F2N5O3.2C2H6.CH3F/c1-4-30-12-14(11-18(30)20(31)33-3)23(21(32)29(2)22(26)28-23)13-7-8-17(24)16(10-13)15-6-5-9-27-19(15)25;3*1-2/h5-12H,4H2,1-3H3,(H2,26,28);2*1-2H3;1H3. The number of amides is 1. The first-order chi connectivity index (χ1) is 18.7. The number of nitrogens with two attached hydrogens (primary N) is 1. The molecule has 1 unspecified atom stereocenters. The highest BCUT2D eigenvalue weighted by atomic mass is 19.1. The van der Waals surface area contributed by atoms with Gasteiger partial charge in [0.15, 0.2) is 11.5 Å². The van der Waals surface area contributed by atoms with Gasteiger partial charge in [0, 0.05) is 42.7 Å². The van der Waals surface area contributed by atoms with E-state index in [9.17, 15) is 22.8 Å². The zero-order chi connectivity index (χ0) is 29.9. The number of methoxy groups -OCH3 is 1. The van der Waals surface area contributed by atoms with Crippen LogP contribution in [0.5, 0.6) is 0 Å². The fourth-order valence-electron chi connectivity index (χ4n) is 3.97. The number of aliphatic imine (C=N–C) groups is 1. The first-order valence-electron chi connectivity index (χ1n) is 12.5. The van der Waals surface area contributed by atoms with Crippen LogP contribution >= 0.6 is 0 Å². The van der Waals surface area contributed by atoms with E-state index in [1.54, 1.807) is 10.8 Å². The van der Waals surface area contributed by atoms with Gasteiger partial charge in [-0.25, -0.2) is 19.2 Å². The van der Waals surface area contributed by atoms with Crippen molar-refractivity contribution in [3.05, 3.63) is 77.4 Å². The summed E-state index contributed by atoms with van der Waals surface area (Å²) in [6.45, 7) is 10.2. The number of guanidine groups is 1. The second kappa shape index (κ2) is 14.7. The second-order valence-corrected chi connectivity index (χ2v) is 7.47. The summed E-state index contributed by atoms with van der Waals surface area (Å²) in [4.78, 5) is 35.0. The maximum atomic E-state index is 14.8. The maximum Gasteiger partial charge on any atom is 0.354 e. The molecule has 4 rings (SSSR count). The Labute approximate surface area is 227 Å². The number of halogens is 3. The van der Waals surface area contributed by atoms with E-state index in [-0.39, 0.29) is 28.3 Å². The zero-order valence-electron chi connectivity index (χ0n) is 23.6. The van der Waals surface area contributed by atoms with Crippen molar-refractivity contribution in [1.82, 2.24) is 14.5 Å². The van der Waals surface area contributed by atoms with Crippen LogP contribution in [0.4, 0.5) is 13.2 Å². The van der Waals surface area contributed by atoms with E-state index >= 15 is 0 Å². The van der Waals surface area contributed by atoms with E-state index in [0.717, 1.165) is 6.07 Å². The summed E-state index contributed by atoms with van der Waals surface area (Å²) >= 11 is 0. The van der Waals surface area contributed by atoms with Crippen molar-refractivity contribution in [1.29, 1.82) is 0 Å². The topological polar surface area (TPSA) is 103 Å². The van der Waals surface area contributed by atoms with E-state index < -0.39 is 29.2 Å². The molecule has 3 aromatic rings. The maximum absolute atomic E-state index is 14.8. The van der Waals surface area contributed by atoms with Gasteiger partial charge in [0.1, 0.15) is 11.5 Å². The number of hydrogen-bond donors (Lipinski definition) is 1. The summed E-state index contributed by atoms with van der Waals surface area (Å²) in [5, 5.41) is 0. The summed E-state index contributed by atoms with van der Waals surface area (Å²) < 4.78 is 45.1. The molecular weight excluding hydrogens is 511 g/mol. The van der Waals surface area contributed by atoms with E-state index in [0.29, 0.717) is 19.3 Å². The third-order valence-corrected chi connectivity index (χ3v) is 5.72. The van der Waals surface area contributed by atoms with Crippen LogP contribution in [0.15, 0.2) is 53.8 Å². The molecule has 0 aliphatic carbocycles. The monoisotopic (exact) mass is 547 g/mol. The van der Waals surface area contributed by atoms with Crippen molar-refractivity contribution in [2.45, 2.75) is 46.7 Å². The second-order valence-electron chi connectivity index (χ2n) is 7.47. The summed E-state index contributed by atoms with van der Waals surface area (Å²) in [6.07, 6.45) is 2.86. The molecule has 2 aromatic heterocycles. The Hall–Kier alpha value is -4.15. The first-order valence-corrected chi connectivity index (χ1v) is 12.5. The number of esters is 1. The van der Waals surface area contributed by atoms with Crippen LogP contribution in [0.3, 0.4) is 0 Å². The van der Waals surface area contributed by atoms with Crippen molar-refractivity contribution in [3.8, 4) is 11.1 Å². The molecule has 2 N–H and O–H groups in total. The third kappa shape index (κ3) is 6.13. The minimum atomic E-state index is -1.71. The minimum absolute atomic E-state index is 0.0534. The number of alkyl halides is 1. The van der Waals surface area contributed by atoms with Crippen molar-refractivity contribution in [3.63, 3.8) is 0 Å². The molecule has 0 saturated carbocycles. The average molecular weight is 548 g/mol. The number of pyridine rings is 1. The molecule has 0 bridgehead atoms. The number of ether oxygens (including phenoxy) is 1. The van der Waals surface area contributed by atoms with Gasteiger partial charge in [0.2, 0.25) is 5.95 Å². The van der Waals surface area contributed by atoms with Crippen LogP contribution in [-0.4, -0.2) is 53.6 Å². The molecule has 0 saturated heterocycles. The SMILES string of the molecule is CC.CC.CCn1cc(C2(c3ccc(F)c(-c4cccnc4F)c3)N=C(N)N(C)C2=O)cc1C(=O)OC.CF. The van der Waals surface area contributed by atoms with Crippen LogP contribution in [0.1, 0.15) is 56.2 Å². The van der Waals surface area contributed by atoms with Gasteiger partial charge in [-0.3, -0.25) is 14.1 Å². The Morgan fingerprint density at radius 1 is 1.05 bits per heavy atom. The van der Waals surface area contributed by atoms with Crippen molar-refractivity contribution in [2.24, 2.45) is 10.7 Å². The quantitative estimate of drug-likeness (QED) is 0.345. The molecule has 212 valence electrons. The highest BCUT2D eigenvalue weighted by Gasteiger charge is 2.50. The number of hydrogen-bond acceptors (Lipinski definition) is 6. The number of aromatic nitrogens is 2. The van der Waals surface area contributed by atoms with Gasteiger partial charge in [0.25, 0.3) is 5.91 Å². The van der Waals surface area contributed by atoms with Crippen molar-refractivity contribution in [2.75, 3.05) is 21.3 Å². The first kappa shape index (κ1) is 32.9. The van der Waals surface area contributed by atoms with Gasteiger partial charge in [0.05, 0.1) is 14.3 Å². The molecule has 8 nitrogen and oxygen atoms in total. The lowest BCUT2D eigenvalue weighted by molar-refractivity contribution is -0.129. The average Bonchev–Trinajstić information content (AvgIpc) is 3.52. The molecule has 3 heterocycles. The van der Waals surface area contributed by atoms with Gasteiger partial charge in [-0.05, 0) is 42.8 Å². The third-order valence-electron chi connectivity index (χ3n) is 5.72. The van der Waals surface area contributed by atoms with Gasteiger partial charge >= 0.3 is 5.97 Å². The molecule has 1 amide bonds. The number of benzene rings is 1. The molecule has 0 fully saturated rings. The Balaban J connectivity index is 0.00000119. The van der Waals surface area contributed by atoms with Crippen LogP contribution in [-0.2, 0) is 21.6 Å². The van der Waals surface area contributed by atoms with Gasteiger partial charge < -0.3 is 15.0 Å². The van der Waals surface area contributed by atoms with Gasteiger partial charge in [-0.1, -0.05) is 33.8 Å². The molecule has 1 aliphatic rings. The van der Waals surface area contributed by atoms with Crippen LogP contribution in [0.2, 0.25) is 0 Å². The largest absolute Gasteiger partial charge is 0.464 e. The summed E-state index contributed by atoms with van der Waals surface area (Å²) in [5.41, 5.74) is 4.95. The molecule has 0 spiro atoms. The number of aryl methyl sites for hydroxylation is 1. The highest BCUT2D eigenvalue weighted by Crippen LogP contribution is 2.42. The number of nitrogens with zero attached hydrogens (tertiary/aromatic N) is 4. The minimum Gasteiger partial charge on any atom is -0.464 e. The normalized spacial score (nSPS) is 15.6. The predicted octanol–water partition coefficient (Wildman–Crippen LogP) is 5.30. The Morgan fingerprint density at radius 2 is 1.69 bits per heavy atom. The number of carbonyl (C=O) groups is 2. The predicted molar refractivity (Wildman–Crippen MR) is 146 cm³/mol. The molecule has 1 aliphatic heterocycles. The Bertz CT molecular complexity index is 1310. The van der Waals surface area contributed by atoms with Crippen molar-refractivity contribution >= 4 is 17.8 Å². The smallest absolute Gasteiger partial charge is 0.354 e. The lowest BCUT2D eigenvalue weighted by Crippen LogP contribution is -2.41. The lowest BCUT2D eigenvalue weighted by atomic mass is 9.82. The van der Waals surface area contributed by atoms with Crippen LogP contribution in [0.25, 0.3) is 11.1 Å². The number of likely N-dealkylation sites (N-methyl/N-ethyl adjacent to an activating group) is 1. The lowest BCUT2D eigenvalue weighted by Gasteiger charge is -2.25. The number of carbonyl (C=O) groups excluding carboxylic acids is 2. The summed E-state index contributed by atoms with van der Waals surface area (Å²) in [7, 11) is 3.22. The summed E-state index contributed by atoms with van der Waals surface area (Å²) in [5.74, 6) is -2.70. The van der Waals surface area contributed by atoms with Crippen molar-refractivity contribution < 1.29 is 27.5 Å². The highest BCUT2D eigenvalue weighted by molar-refractivity contribution is 6.09. The Kier molecular flexibility index (Phi) is 12.4. The van der Waals surface area contributed by atoms with Crippen LogP contribution in [0, 0.1) is 11.8 Å². The summed E-state index contributed by atoms with van der Waals surface area (Å²) in [6, 6.07) is 8.24. The van der Waals surface area contributed by atoms with E-state index in [4.69, 9.17) is 10.5 Å². The molecule has 0 radical (unpaired) electrons. The Morgan fingerprint density at radius 3 is 2.21 bits per heavy atom. The zero-order valence-corrected chi connectivity index (χ0v) is 23.6. The van der Waals surface area contributed by atoms with Crippen LogP contribution < -0.4 is 5.73 Å². The fourth-order valence-corrected chi connectivity index (χ4v) is 3.97. The van der Waals surface area contributed by atoms with E-state index in [1.807, 2.05) is 34.6 Å². The van der Waals surface area contributed by atoms with Gasteiger partial charge in [-0.15, -0.1) is 0 Å². The molecular formula is C28H36F3N5O3. The van der Waals surface area contributed by atoms with E-state index in [1.165, 1.54) is 55.6 Å². The fraction of sp³-hybridized carbons (Fsp3) is 0.357. The molecule has 1 atom stereocenters. The molecule has 1 aromatic carbocycles. The molecule has 39 heavy (non-hydrogen) atoms. The number of rotatable bonds is 5. The van der Waals surface area contributed by atoms with Gasteiger partial charge in [-0.2, -0.15) is 4.39 Å². The van der Waals surface area contributed by atoms with E-state index in [2.05, 4.69) is 9.98 Å². The molecule has 11 heteroatoms.